The van der Waals surface area contributed by atoms with E-state index in [-0.39, 0.29) is 0 Å². The van der Waals surface area contributed by atoms with Crippen molar-refractivity contribution in [3.8, 4) is 0 Å². The second-order valence-electron chi connectivity index (χ2n) is 0.253. The summed E-state index contributed by atoms with van der Waals surface area (Å²) < 4.78 is 2.72. The van der Waals surface area contributed by atoms with Gasteiger partial charge in [-0.15, -0.1) is 0 Å². The quantitative estimate of drug-likeness (QED) is 0.472. The molecule has 0 N–H and O–H groups in total. The van der Waals surface area contributed by atoms with Crippen LogP contribution in [0, 0.1) is 0 Å². The van der Waals surface area contributed by atoms with E-state index in [4.69, 9.17) is 0 Å². The second-order valence-corrected chi connectivity index (χ2v) is 1.32. The first-order chi connectivity index (χ1) is 1.91. The van der Waals surface area contributed by atoms with E-state index < -0.39 is 0 Å². The molecule has 0 aromatic heterocycles. The van der Waals surface area contributed by atoms with Crippen molar-refractivity contribution >= 4 is 36.5 Å². The molecule has 0 rings (SSSR count). The summed E-state index contributed by atoms with van der Waals surface area (Å²) in [6, 6.07) is 0. The summed E-state index contributed by atoms with van der Waals surface area (Å²) in [7, 11) is 0. The summed E-state index contributed by atoms with van der Waals surface area (Å²) in [5, 5.41) is 0. The van der Waals surface area contributed by atoms with Crippen molar-refractivity contribution in [3.05, 3.63) is 4.99 Å². The second kappa shape index (κ2) is 3.67. The van der Waals surface area contributed by atoms with Crippen LogP contribution in [0.25, 0.3) is 0 Å². The van der Waals surface area contributed by atoms with Crippen LogP contribution in [-0.2, 0) is 0 Å². The van der Waals surface area contributed by atoms with Gasteiger partial charge in [-0.1, -0.05) is 0 Å². The van der Waals surface area contributed by atoms with Gasteiger partial charge in [-0.3, -0.25) is 0 Å². The van der Waals surface area contributed by atoms with E-state index in [1.54, 1.807) is 4.99 Å². The monoisotopic (exact) mass is 178 g/mol. The molecule has 2 heteroatoms. The number of hydrogen-bond acceptors (Lipinski definition) is 0. The third-order valence-corrected chi connectivity index (χ3v) is 1.47. The van der Waals surface area contributed by atoms with Crippen molar-refractivity contribution in [1.29, 1.82) is 0 Å². The molecule has 0 amide bonds. The third kappa shape index (κ3) is 2.67. The zero-order valence-electron chi connectivity index (χ0n) is 1.96. The molecule has 0 aliphatic heterocycles. The van der Waals surface area contributed by atoms with E-state index in [1.165, 1.54) is 0 Å². The van der Waals surface area contributed by atoms with Gasteiger partial charge in [0, 0.05) is 0 Å². The zero-order chi connectivity index (χ0) is 3.41. The third-order valence-electron chi connectivity index (χ3n) is 0.0546. The van der Waals surface area contributed by atoms with Crippen LogP contribution in [0.15, 0.2) is 4.99 Å². The van der Waals surface area contributed by atoms with E-state index in [0.717, 1.165) is 0 Å². The summed E-state index contributed by atoms with van der Waals surface area (Å²) >= 11 is 4.84. The van der Waals surface area contributed by atoms with Crippen LogP contribution >= 0.6 is 15.9 Å². The van der Waals surface area contributed by atoms with Gasteiger partial charge >= 0.3 is 41.5 Å². The number of hydrogen-bond donors (Lipinski definition) is 0. The molecule has 0 aromatic rings. The van der Waals surface area contributed by atoms with Crippen LogP contribution in [0.3, 0.4) is 0 Å². The van der Waals surface area contributed by atoms with Gasteiger partial charge in [0.1, 0.15) is 0 Å². The van der Waals surface area contributed by atoms with Crippen LogP contribution < -0.4 is 0 Å². The topological polar surface area (TPSA) is 0 Å². The average molecular weight is 178 g/mol. The van der Waals surface area contributed by atoms with E-state index in [0.29, 0.717) is 0 Å². The molecular weight excluding hydrogens is 177 g/mol. The molecule has 0 bridgehead atoms. The molecule has 0 unspecified atom stereocenters. The molecule has 0 heterocycles. The van der Waals surface area contributed by atoms with Crippen LogP contribution in [0.1, 0.15) is 0 Å². The van der Waals surface area contributed by atoms with E-state index in [1.807, 2.05) is 16.1 Å². The Bertz CT molecular complexity index is 44.0. The molecule has 20 valence electrons. The molecule has 0 aliphatic rings. The Hall–Kier alpha value is 0.673. The van der Waals surface area contributed by atoms with Crippen molar-refractivity contribution in [2.24, 2.45) is 0 Å². The molecule has 0 saturated heterocycles. The predicted octanol–water partition coefficient (Wildman–Crippen LogP) is 0.465. The molecule has 0 aliphatic carbocycles. The van der Waals surface area contributed by atoms with E-state index >= 15 is 0 Å². The van der Waals surface area contributed by atoms with Gasteiger partial charge in [0.15, 0.2) is 0 Å². The summed E-state index contributed by atoms with van der Waals surface area (Å²) in [5.74, 6) is 0. The van der Waals surface area contributed by atoms with Crippen molar-refractivity contribution in [3.63, 3.8) is 0 Å². The number of halogens is 1. The molecule has 0 aromatic carbocycles. The van der Waals surface area contributed by atoms with E-state index in [2.05, 4.69) is 20.4 Å². The molecule has 0 nitrogen and oxygen atoms in total. The maximum absolute atomic E-state index is 3.01. The molecule has 0 spiro atoms. The van der Waals surface area contributed by atoms with E-state index in [9.17, 15) is 0 Å². The Morgan fingerprint density at radius 2 is 2.25 bits per heavy atom. The predicted molar refractivity (Wildman–Crippen MR) is 24.3 cm³/mol. The fraction of sp³-hybridized carbons (Fsp3) is 0. The van der Waals surface area contributed by atoms with Crippen LogP contribution in [0.5, 0.6) is 0 Å². The Labute approximate surface area is 41.8 Å². The van der Waals surface area contributed by atoms with Crippen LogP contribution in [0.2, 0.25) is 0 Å². The zero-order valence-corrected chi connectivity index (χ0v) is 5.64. The van der Waals surface area contributed by atoms with Gasteiger partial charge in [-0.2, -0.15) is 0 Å². The molecule has 4 heavy (non-hydrogen) atoms. The summed E-state index contributed by atoms with van der Waals surface area (Å²) in [6.07, 6.45) is 0. The Morgan fingerprint density at radius 1 is 2.00 bits per heavy atom. The Morgan fingerprint density at radius 3 is 2.25 bits per heavy atom. The van der Waals surface area contributed by atoms with Gasteiger partial charge in [-0.25, -0.2) is 0 Å². The van der Waals surface area contributed by atoms with Gasteiger partial charge in [0.2, 0.25) is 0 Å². The molecule has 2 radical (unpaired) electrons. The molecule has 0 saturated carbocycles. The summed E-state index contributed by atoms with van der Waals surface area (Å²) in [4.78, 5) is 1.69. The minimum atomic E-state index is 1.69. The van der Waals surface area contributed by atoms with Crippen molar-refractivity contribution in [2.45, 2.75) is 0 Å². The van der Waals surface area contributed by atoms with Crippen molar-refractivity contribution in [1.82, 2.24) is 0 Å². The van der Waals surface area contributed by atoms with Crippen molar-refractivity contribution in [2.75, 3.05) is 0 Å². The van der Waals surface area contributed by atoms with Crippen LogP contribution in [-0.4, -0.2) is 20.6 Å². The maximum atomic E-state index is 3.01. The average Bonchev–Trinajstić information content (AvgIpc) is 1.37. The first-order valence-corrected chi connectivity index (χ1v) is 2.72. The minimum absolute atomic E-state index is 1.69. The van der Waals surface area contributed by atoms with Crippen molar-refractivity contribution < 1.29 is 0 Å². The Kier molecular flexibility index (Phi) is 4.29. The van der Waals surface area contributed by atoms with Gasteiger partial charge in [0.05, 0.1) is 0 Å². The summed E-state index contributed by atoms with van der Waals surface area (Å²) in [6.45, 7) is 0. The van der Waals surface area contributed by atoms with Crippen LogP contribution in [0.4, 0.5) is 0 Å². The van der Waals surface area contributed by atoms with Gasteiger partial charge in [0.25, 0.3) is 0 Å². The van der Waals surface area contributed by atoms with Gasteiger partial charge in [-0.05, 0) is 0 Å². The Balaban J connectivity index is 3.11. The SMILES string of the molecule is [Ge]=[C]=CBr. The summed E-state index contributed by atoms with van der Waals surface area (Å²) in [5.41, 5.74) is 0. The molecule has 0 atom stereocenters. The fourth-order valence-electron chi connectivity index (χ4n) is 0. The number of rotatable bonds is 0. The first-order valence-electron chi connectivity index (χ1n) is 0.757. The molecular formula is C2HBrGe. The molecule has 0 fully saturated rings. The standard InChI is InChI=1S/C2HBrGe/c3-1-2-4/h1H. The fourth-order valence-corrected chi connectivity index (χ4v) is 0. The first kappa shape index (κ1) is 4.67. The normalized spacial score (nSPS) is 4.25. The van der Waals surface area contributed by atoms with Gasteiger partial charge < -0.3 is 0 Å².